The van der Waals surface area contributed by atoms with E-state index in [1.54, 1.807) is 11.8 Å². The first-order valence-electron chi connectivity index (χ1n) is 3.06. The first kappa shape index (κ1) is 7.35. The smallest absolute Gasteiger partial charge is 0.238 e. The molecule has 0 saturated heterocycles. The van der Waals surface area contributed by atoms with Gasteiger partial charge in [0.1, 0.15) is 0 Å². The van der Waals surface area contributed by atoms with Gasteiger partial charge in [0.25, 0.3) is 0 Å². The van der Waals surface area contributed by atoms with Gasteiger partial charge in [0, 0.05) is 0 Å². The van der Waals surface area contributed by atoms with Gasteiger partial charge in [0.15, 0.2) is 0 Å². The zero-order valence-corrected chi connectivity index (χ0v) is 6.69. The molecule has 0 unspecified atom stereocenters. The highest BCUT2D eigenvalue weighted by atomic mass is 32.2. The van der Waals surface area contributed by atoms with Crippen molar-refractivity contribution >= 4 is 16.8 Å². The molecule has 0 radical (unpaired) electrons. The van der Waals surface area contributed by atoms with Crippen LogP contribution in [-0.2, 0) is 0 Å². The molecule has 0 aromatic heterocycles. The molecule has 0 aliphatic carbocycles. The topological polar surface area (TPSA) is 25.6 Å². The van der Waals surface area contributed by atoms with Gasteiger partial charge in [-0.1, -0.05) is 30.0 Å². The van der Waals surface area contributed by atoms with Gasteiger partial charge in [-0.05, 0) is 18.4 Å². The summed E-state index contributed by atoms with van der Waals surface area (Å²) < 4.78 is 0. The number of rotatable bonds is 1. The summed E-state index contributed by atoms with van der Waals surface area (Å²) >= 11 is 1.57. The Labute approximate surface area is 65.0 Å². The summed E-state index contributed by atoms with van der Waals surface area (Å²) in [7, 11) is 0. The molecule has 0 saturated carbocycles. The van der Waals surface area contributed by atoms with Crippen LogP contribution in [0.3, 0.4) is 0 Å². The van der Waals surface area contributed by atoms with Crippen LogP contribution in [0.2, 0.25) is 0 Å². The molecule has 2 N–H and O–H groups in total. The molecule has 1 nitrogen and oxygen atoms in total. The predicted molar refractivity (Wildman–Crippen MR) is 46.0 cm³/mol. The van der Waals surface area contributed by atoms with Crippen LogP contribution in [0.25, 0.3) is 0 Å². The molecule has 2 heteroatoms. The predicted octanol–water partition coefficient (Wildman–Crippen LogP) is 0.555. The molecule has 10 heavy (non-hydrogen) atoms. The second-order valence-electron chi connectivity index (χ2n) is 1.93. The highest BCUT2D eigenvalue weighted by Crippen LogP contribution is 2.04. The van der Waals surface area contributed by atoms with E-state index < -0.39 is 0 Å². The van der Waals surface area contributed by atoms with Gasteiger partial charge in [-0.25, -0.2) is 5.41 Å². The third-order valence-electron chi connectivity index (χ3n) is 1.28. The molecule has 0 atom stereocenters. The van der Waals surface area contributed by atoms with Gasteiger partial charge in [-0.3, -0.25) is 0 Å². The van der Waals surface area contributed by atoms with Crippen molar-refractivity contribution in [3.63, 3.8) is 0 Å². The van der Waals surface area contributed by atoms with Crippen LogP contribution in [0, 0.1) is 0 Å². The molecule has 0 fully saturated rings. The molecule has 0 aliphatic rings. The zero-order chi connectivity index (χ0) is 7.40. The molecule has 1 aromatic rings. The quantitative estimate of drug-likeness (QED) is 0.461. The minimum Gasteiger partial charge on any atom is -0.248 e. The third-order valence-corrected chi connectivity index (χ3v) is 1.95. The van der Waals surface area contributed by atoms with E-state index in [9.17, 15) is 0 Å². The lowest BCUT2D eigenvalue weighted by Crippen LogP contribution is -2.37. The Hall–Kier alpha value is -0.760. The number of benzene rings is 1. The normalized spacial score (nSPS) is 9.30. The maximum Gasteiger partial charge on any atom is 0.238 e. The molecule has 1 aromatic carbocycles. The van der Waals surface area contributed by atoms with Crippen LogP contribution < -0.4 is 5.41 Å². The summed E-state index contributed by atoms with van der Waals surface area (Å²) in [6.45, 7) is 0. The molecular weight excluding hydrogens is 142 g/mol. The highest BCUT2D eigenvalue weighted by molar-refractivity contribution is 8.13. The fourth-order valence-electron chi connectivity index (χ4n) is 0.720. The van der Waals surface area contributed by atoms with Gasteiger partial charge in [0.05, 0.1) is 5.56 Å². The van der Waals surface area contributed by atoms with Crippen molar-refractivity contribution in [1.29, 1.82) is 0 Å². The summed E-state index contributed by atoms with van der Waals surface area (Å²) in [6, 6.07) is 9.96. The van der Waals surface area contributed by atoms with E-state index in [2.05, 4.69) is 0 Å². The summed E-state index contributed by atoms with van der Waals surface area (Å²) in [5, 5.41) is 6.55. The Bertz CT molecular complexity index is 218. The molecule has 0 amide bonds. The van der Waals surface area contributed by atoms with Gasteiger partial charge in [-0.15, -0.1) is 0 Å². The molecule has 0 spiro atoms. The first-order valence-corrected chi connectivity index (χ1v) is 4.29. The molecule has 0 heterocycles. The van der Waals surface area contributed by atoms with E-state index in [0.717, 1.165) is 10.6 Å². The Morgan fingerprint density at radius 1 is 1.30 bits per heavy atom. The van der Waals surface area contributed by atoms with Crippen molar-refractivity contribution in [3.05, 3.63) is 35.9 Å². The van der Waals surface area contributed by atoms with Gasteiger partial charge in [0.2, 0.25) is 5.04 Å². The zero-order valence-electron chi connectivity index (χ0n) is 5.87. The second-order valence-corrected chi connectivity index (χ2v) is 2.78. The van der Waals surface area contributed by atoms with Crippen molar-refractivity contribution in [2.75, 3.05) is 6.26 Å². The second kappa shape index (κ2) is 3.42. The average molecular weight is 152 g/mol. The summed E-state index contributed by atoms with van der Waals surface area (Å²) in [5.74, 6) is 0. The van der Waals surface area contributed by atoms with Gasteiger partial charge < -0.3 is 0 Å². The standard InChI is InChI=1S/C8H9NS/c1-10-8(9)7-5-3-2-4-6-7/h2-6,9H,1H3/p+1. The molecule has 0 aliphatic heterocycles. The Kier molecular flexibility index (Phi) is 2.51. The summed E-state index contributed by atoms with van der Waals surface area (Å²) in [4.78, 5) is 0. The SMILES string of the molecule is CSC(=[NH2+])c1ccccc1. The first-order chi connectivity index (χ1) is 4.84. The van der Waals surface area contributed by atoms with Crippen LogP contribution in [0.4, 0.5) is 0 Å². The lowest BCUT2D eigenvalue weighted by Gasteiger charge is -1.91. The fraction of sp³-hybridized carbons (Fsp3) is 0.125. The molecule has 52 valence electrons. The van der Waals surface area contributed by atoms with E-state index in [1.165, 1.54) is 0 Å². The fourth-order valence-corrected chi connectivity index (χ4v) is 1.09. The van der Waals surface area contributed by atoms with Crippen LogP contribution in [0.5, 0.6) is 0 Å². The van der Waals surface area contributed by atoms with Gasteiger partial charge in [-0.2, -0.15) is 0 Å². The van der Waals surface area contributed by atoms with E-state index in [-0.39, 0.29) is 0 Å². The largest absolute Gasteiger partial charge is 0.248 e. The van der Waals surface area contributed by atoms with Crippen molar-refractivity contribution in [2.45, 2.75) is 0 Å². The van der Waals surface area contributed by atoms with Crippen molar-refractivity contribution < 1.29 is 5.41 Å². The molecule has 0 bridgehead atoms. The lowest BCUT2D eigenvalue weighted by molar-refractivity contribution is -0.107. The Morgan fingerprint density at radius 3 is 2.40 bits per heavy atom. The average Bonchev–Trinajstić information content (AvgIpc) is 2.05. The van der Waals surface area contributed by atoms with Gasteiger partial charge >= 0.3 is 0 Å². The monoisotopic (exact) mass is 152 g/mol. The molecular formula is C8H10NS+. The van der Waals surface area contributed by atoms with Crippen LogP contribution in [-0.4, -0.2) is 11.3 Å². The lowest BCUT2D eigenvalue weighted by atomic mass is 10.2. The van der Waals surface area contributed by atoms with Crippen LogP contribution in [0.1, 0.15) is 5.56 Å². The summed E-state index contributed by atoms with van der Waals surface area (Å²) in [5.41, 5.74) is 1.11. The Balaban J connectivity index is 2.85. The third kappa shape index (κ3) is 1.61. The minimum atomic E-state index is 0.876. The number of thioether (sulfide) groups is 1. The van der Waals surface area contributed by atoms with E-state index in [0.29, 0.717) is 0 Å². The minimum absolute atomic E-state index is 0.876. The van der Waals surface area contributed by atoms with Crippen molar-refractivity contribution in [3.8, 4) is 0 Å². The molecule has 1 rings (SSSR count). The van der Waals surface area contributed by atoms with E-state index >= 15 is 0 Å². The maximum absolute atomic E-state index is 5.67. The van der Waals surface area contributed by atoms with Crippen molar-refractivity contribution in [2.24, 2.45) is 0 Å². The number of hydrogen-bond acceptors (Lipinski definition) is 1. The highest BCUT2D eigenvalue weighted by Gasteiger charge is 2.01. The van der Waals surface area contributed by atoms with Crippen LogP contribution in [0.15, 0.2) is 30.3 Å². The number of hydrogen-bond donors (Lipinski definition) is 1. The maximum atomic E-state index is 5.67. The number of nitrogens with two attached hydrogens (primary N) is 1. The van der Waals surface area contributed by atoms with Crippen LogP contribution >= 0.6 is 11.8 Å². The Morgan fingerprint density at radius 2 is 1.90 bits per heavy atom. The summed E-state index contributed by atoms with van der Waals surface area (Å²) in [6.07, 6.45) is 1.97. The van der Waals surface area contributed by atoms with E-state index in [1.807, 2.05) is 36.6 Å². The van der Waals surface area contributed by atoms with Crippen molar-refractivity contribution in [1.82, 2.24) is 0 Å². The van der Waals surface area contributed by atoms with E-state index in [4.69, 9.17) is 5.41 Å².